The number of para-hydroxylation sites is 2. The minimum atomic E-state index is -1.21. The number of benzene rings is 3. The Hall–Kier alpha value is -4.04. The zero-order chi connectivity index (χ0) is 24.2. The lowest BCUT2D eigenvalue weighted by Gasteiger charge is -2.45. The third kappa shape index (κ3) is 3.57. The van der Waals surface area contributed by atoms with Crippen molar-refractivity contribution in [3.05, 3.63) is 115 Å². The van der Waals surface area contributed by atoms with Gasteiger partial charge >= 0.3 is 0 Å². The molecule has 35 heavy (non-hydrogen) atoms. The first-order valence-corrected chi connectivity index (χ1v) is 12.0. The van der Waals surface area contributed by atoms with Crippen LogP contribution in [0.15, 0.2) is 88.6 Å². The molecule has 3 aromatic carbocycles. The molecule has 0 unspecified atom stereocenters. The van der Waals surface area contributed by atoms with E-state index in [-0.39, 0.29) is 17.3 Å². The van der Waals surface area contributed by atoms with Crippen LogP contribution in [0.2, 0.25) is 0 Å². The summed E-state index contributed by atoms with van der Waals surface area (Å²) in [6.45, 7) is 1.78. The third-order valence-corrected chi connectivity index (χ3v) is 7.35. The quantitative estimate of drug-likeness (QED) is 0.483. The normalized spacial score (nSPS) is 22.4. The minimum Gasteiger partial charge on any atom is -0.465 e. The number of thiazole rings is 1. The van der Waals surface area contributed by atoms with Crippen molar-refractivity contribution in [2.45, 2.75) is 18.7 Å². The van der Waals surface area contributed by atoms with Crippen LogP contribution in [0.3, 0.4) is 0 Å². The summed E-state index contributed by atoms with van der Waals surface area (Å²) in [4.78, 5) is 32.6. The number of fused-ring (bicyclic) bond motifs is 6. The summed E-state index contributed by atoms with van der Waals surface area (Å²) < 4.78 is 21.7. The van der Waals surface area contributed by atoms with E-state index in [0.717, 1.165) is 5.56 Å². The van der Waals surface area contributed by atoms with E-state index in [0.29, 0.717) is 26.3 Å². The Morgan fingerprint density at radius 1 is 1.09 bits per heavy atom. The molecule has 174 valence electrons. The van der Waals surface area contributed by atoms with E-state index in [9.17, 15) is 14.0 Å². The van der Waals surface area contributed by atoms with Crippen molar-refractivity contribution in [1.29, 1.82) is 0 Å². The highest BCUT2D eigenvalue weighted by Gasteiger charge is 2.55. The molecular formula is C27H20FN3O3S. The van der Waals surface area contributed by atoms with Gasteiger partial charge in [0.2, 0.25) is 11.6 Å². The SMILES string of the molecule is C[C@]12N=c3s/c(=C\c4ccc(F)cc4)c(=O)n3[C@H](c3ccccc3O1)[C@@H]2C(=O)Nc1ccccc1. The van der Waals surface area contributed by atoms with Crippen LogP contribution in [0.25, 0.3) is 6.08 Å². The van der Waals surface area contributed by atoms with Gasteiger partial charge in [0.05, 0.1) is 10.6 Å². The lowest BCUT2D eigenvalue weighted by atomic mass is 9.80. The molecule has 2 bridgehead atoms. The maximum atomic E-state index is 13.7. The molecule has 2 aliphatic rings. The average molecular weight is 486 g/mol. The van der Waals surface area contributed by atoms with Crippen LogP contribution in [0.1, 0.15) is 24.1 Å². The van der Waals surface area contributed by atoms with Gasteiger partial charge in [-0.2, -0.15) is 0 Å². The maximum absolute atomic E-state index is 13.7. The molecule has 1 N–H and O–H groups in total. The van der Waals surface area contributed by atoms with E-state index >= 15 is 0 Å². The van der Waals surface area contributed by atoms with Gasteiger partial charge in [0, 0.05) is 11.3 Å². The van der Waals surface area contributed by atoms with E-state index < -0.39 is 17.7 Å². The summed E-state index contributed by atoms with van der Waals surface area (Å²) in [7, 11) is 0. The van der Waals surface area contributed by atoms with Gasteiger partial charge in [0.25, 0.3) is 5.56 Å². The van der Waals surface area contributed by atoms with E-state index in [4.69, 9.17) is 9.73 Å². The number of amides is 1. The Balaban J connectivity index is 1.54. The van der Waals surface area contributed by atoms with Gasteiger partial charge in [-0.25, -0.2) is 9.38 Å². The fourth-order valence-electron chi connectivity index (χ4n) is 4.80. The fraction of sp³-hybridized carbons (Fsp3) is 0.148. The van der Waals surface area contributed by atoms with E-state index in [1.54, 1.807) is 29.7 Å². The van der Waals surface area contributed by atoms with Gasteiger partial charge in [-0.05, 0) is 48.9 Å². The highest BCUT2D eigenvalue weighted by molar-refractivity contribution is 7.07. The molecule has 0 saturated heterocycles. The number of nitrogens with zero attached hydrogens (tertiary/aromatic N) is 2. The summed E-state index contributed by atoms with van der Waals surface area (Å²) in [6.07, 6.45) is 1.71. The van der Waals surface area contributed by atoms with Crippen molar-refractivity contribution in [3.63, 3.8) is 0 Å². The van der Waals surface area contributed by atoms with Crippen LogP contribution in [0.4, 0.5) is 10.1 Å². The topological polar surface area (TPSA) is 72.7 Å². The minimum absolute atomic E-state index is 0.251. The average Bonchev–Trinajstić information content (AvgIpc) is 3.14. The molecule has 0 spiro atoms. The van der Waals surface area contributed by atoms with E-state index in [2.05, 4.69) is 5.32 Å². The largest absolute Gasteiger partial charge is 0.465 e. The Labute approximate surface area is 203 Å². The summed E-state index contributed by atoms with van der Waals surface area (Å²) in [5.41, 5.74) is 0.651. The lowest BCUT2D eigenvalue weighted by molar-refractivity contribution is -0.131. The molecule has 6 rings (SSSR count). The van der Waals surface area contributed by atoms with Crippen molar-refractivity contribution in [2.75, 3.05) is 5.32 Å². The van der Waals surface area contributed by atoms with Gasteiger partial charge in [0.15, 0.2) is 4.80 Å². The van der Waals surface area contributed by atoms with Crippen LogP contribution in [0, 0.1) is 11.7 Å². The summed E-state index contributed by atoms with van der Waals surface area (Å²) in [6, 6.07) is 21.9. The number of anilines is 1. The smallest absolute Gasteiger partial charge is 0.270 e. The second-order valence-electron chi connectivity index (χ2n) is 8.70. The van der Waals surface area contributed by atoms with Crippen molar-refractivity contribution in [1.82, 2.24) is 4.57 Å². The first-order valence-electron chi connectivity index (χ1n) is 11.2. The molecular weight excluding hydrogens is 465 g/mol. The van der Waals surface area contributed by atoms with Gasteiger partial charge in [0.1, 0.15) is 17.5 Å². The van der Waals surface area contributed by atoms with Crippen molar-refractivity contribution in [3.8, 4) is 5.75 Å². The van der Waals surface area contributed by atoms with Crippen LogP contribution in [-0.4, -0.2) is 16.2 Å². The molecule has 8 heteroatoms. The maximum Gasteiger partial charge on any atom is 0.270 e. The Bertz CT molecular complexity index is 1630. The number of hydrogen-bond acceptors (Lipinski definition) is 5. The number of halogens is 1. The number of carbonyl (C=O) groups is 1. The summed E-state index contributed by atoms with van der Waals surface area (Å²) in [5.74, 6) is -0.812. The second kappa shape index (κ2) is 8.02. The predicted molar refractivity (Wildman–Crippen MR) is 132 cm³/mol. The van der Waals surface area contributed by atoms with Gasteiger partial charge < -0.3 is 10.1 Å². The van der Waals surface area contributed by atoms with Crippen molar-refractivity contribution < 1.29 is 13.9 Å². The van der Waals surface area contributed by atoms with Crippen molar-refractivity contribution >= 4 is 29.0 Å². The van der Waals surface area contributed by atoms with E-state index in [1.807, 2.05) is 54.6 Å². The molecule has 1 aromatic heterocycles. The highest BCUT2D eigenvalue weighted by Crippen LogP contribution is 2.47. The number of aromatic nitrogens is 1. The third-order valence-electron chi connectivity index (χ3n) is 6.37. The van der Waals surface area contributed by atoms with E-state index in [1.165, 1.54) is 23.5 Å². The van der Waals surface area contributed by atoms with Crippen LogP contribution >= 0.6 is 11.3 Å². The lowest BCUT2D eigenvalue weighted by Crippen LogP contribution is -2.59. The standard InChI is InChI=1S/C27H20FN3O3S/c1-27-22(24(32)29-18-7-3-2-4-8-18)23(19-9-5-6-10-20(19)34-27)31-25(33)21(35-26(31)30-27)15-16-11-13-17(28)14-12-16/h2-15,22-23H,1H3,(H,29,32)/b21-15-/t22-,23-,27+/m1/s1. The van der Waals surface area contributed by atoms with Gasteiger partial charge in [-0.15, -0.1) is 0 Å². The monoisotopic (exact) mass is 485 g/mol. The number of hydrogen-bond donors (Lipinski definition) is 1. The Morgan fingerprint density at radius 2 is 1.80 bits per heavy atom. The molecule has 0 aliphatic carbocycles. The fourth-order valence-corrected chi connectivity index (χ4v) is 5.89. The molecule has 3 heterocycles. The van der Waals surface area contributed by atoms with Crippen LogP contribution in [0.5, 0.6) is 5.75 Å². The Kier molecular flexibility index (Phi) is 4.93. The van der Waals surface area contributed by atoms with Crippen LogP contribution in [-0.2, 0) is 4.79 Å². The number of nitrogens with one attached hydrogen (secondary N) is 1. The molecule has 6 nitrogen and oxygen atoms in total. The zero-order valence-corrected chi connectivity index (χ0v) is 19.5. The molecule has 4 aromatic rings. The predicted octanol–water partition coefficient (Wildman–Crippen LogP) is 3.46. The molecule has 0 saturated carbocycles. The number of carbonyl (C=O) groups excluding carboxylic acids is 1. The molecule has 3 atom stereocenters. The first-order chi connectivity index (χ1) is 16.9. The summed E-state index contributed by atoms with van der Waals surface area (Å²) >= 11 is 1.23. The molecule has 0 radical (unpaired) electrons. The first kappa shape index (κ1) is 21.5. The van der Waals surface area contributed by atoms with Crippen LogP contribution < -0.4 is 24.9 Å². The Morgan fingerprint density at radius 3 is 2.57 bits per heavy atom. The molecule has 2 aliphatic heterocycles. The molecule has 0 fully saturated rings. The van der Waals surface area contributed by atoms with Crippen molar-refractivity contribution in [2.24, 2.45) is 10.9 Å². The van der Waals surface area contributed by atoms with Gasteiger partial charge in [-0.1, -0.05) is 59.9 Å². The second-order valence-corrected chi connectivity index (χ2v) is 9.71. The zero-order valence-electron chi connectivity index (χ0n) is 18.6. The number of rotatable bonds is 3. The number of ether oxygens (including phenoxy) is 1. The summed E-state index contributed by atoms with van der Waals surface area (Å²) in [5, 5.41) is 2.96. The van der Waals surface area contributed by atoms with Gasteiger partial charge in [-0.3, -0.25) is 14.2 Å². The molecule has 1 amide bonds. The highest BCUT2D eigenvalue weighted by atomic mass is 32.1.